The van der Waals surface area contributed by atoms with Gasteiger partial charge in [0.25, 0.3) is 5.52 Å². The van der Waals surface area contributed by atoms with Crippen molar-refractivity contribution >= 4 is 46.5 Å². The number of carbonyl (C=O) groups excluding carboxylic acids is 4. The maximum Gasteiger partial charge on any atom is 1.00 e. The Morgan fingerprint density at radius 2 is 1.92 bits per heavy atom. The second kappa shape index (κ2) is 10.4. The summed E-state index contributed by atoms with van der Waals surface area (Å²) in [6, 6.07) is 3.88. The van der Waals surface area contributed by atoms with E-state index in [0.717, 1.165) is 0 Å². The third-order valence-electron chi connectivity index (χ3n) is 6.08. The van der Waals surface area contributed by atoms with Gasteiger partial charge in [-0.15, -0.1) is 11.8 Å². The van der Waals surface area contributed by atoms with E-state index in [2.05, 4.69) is 5.32 Å². The number of nitrogens with one attached hydrogen (secondary N) is 1. The van der Waals surface area contributed by atoms with E-state index in [1.54, 1.807) is 32.9 Å². The fraction of sp³-hybridized carbons (Fsp3) is 0.455. The van der Waals surface area contributed by atoms with Crippen LogP contribution in [0.2, 0.25) is 0 Å². The van der Waals surface area contributed by atoms with Gasteiger partial charge in [-0.3, -0.25) is 9.59 Å². The maximum absolute atomic E-state index is 13.0. The maximum atomic E-state index is 13.0. The predicted octanol–water partition coefficient (Wildman–Crippen LogP) is -3.69. The average Bonchev–Trinajstić information content (AvgIpc) is 3.06. The molecule has 3 atom stereocenters. The molecule has 12 nitrogen and oxygen atoms in total. The first-order valence-corrected chi connectivity index (χ1v) is 11.8. The van der Waals surface area contributed by atoms with Crippen LogP contribution in [0.3, 0.4) is 0 Å². The molecule has 1 aromatic carbocycles. The van der Waals surface area contributed by atoms with E-state index in [9.17, 15) is 34.4 Å². The summed E-state index contributed by atoms with van der Waals surface area (Å²) in [7, 11) is 0. The van der Waals surface area contributed by atoms with Crippen LogP contribution in [0, 0.1) is 10.1 Å². The molecule has 2 aliphatic rings. The molecular weight excluding hydrogens is 503 g/mol. The van der Waals surface area contributed by atoms with Gasteiger partial charge in [-0.05, 0) is 26.8 Å². The number of para-hydroxylation sites is 2. The van der Waals surface area contributed by atoms with E-state index < -0.39 is 51.7 Å². The minimum Gasteiger partial charge on any atom is -0.805 e. The van der Waals surface area contributed by atoms with Crippen molar-refractivity contribution in [2.24, 2.45) is 0 Å². The van der Waals surface area contributed by atoms with Crippen molar-refractivity contribution in [1.82, 2.24) is 14.9 Å². The third-order valence-corrected chi connectivity index (χ3v) is 7.65. The average molecular weight is 527 g/mol. The Balaban J connectivity index is 0.00000361. The van der Waals surface area contributed by atoms with Crippen molar-refractivity contribution in [1.29, 1.82) is 0 Å². The number of hydrogen-bond donors (Lipinski definition) is 1. The van der Waals surface area contributed by atoms with Crippen LogP contribution < -0.4 is 44.4 Å². The minimum absolute atomic E-state index is 0. The molecule has 0 saturated carbocycles. The van der Waals surface area contributed by atoms with E-state index in [1.807, 2.05) is 0 Å². The fourth-order valence-corrected chi connectivity index (χ4v) is 6.13. The van der Waals surface area contributed by atoms with E-state index in [4.69, 9.17) is 4.74 Å². The van der Waals surface area contributed by atoms with Crippen LogP contribution in [-0.2, 0) is 25.5 Å². The second-order valence-electron chi connectivity index (χ2n) is 8.72. The topological polar surface area (TPSA) is 167 Å². The summed E-state index contributed by atoms with van der Waals surface area (Å²) in [4.78, 5) is 63.3. The van der Waals surface area contributed by atoms with E-state index in [-0.39, 0.29) is 65.7 Å². The van der Waals surface area contributed by atoms with Gasteiger partial charge in [0, 0.05) is 28.6 Å². The van der Waals surface area contributed by atoms with Crippen molar-refractivity contribution in [3.8, 4) is 0 Å². The molecule has 0 spiro atoms. The molecular formula is C22H23N4NaO8S. The SMILES string of the molecule is CCOC(=O)c1c(CCC(=O)N[C@@H]2C(=O)N3[C@@H]2SC(C)(C)[C@@H]3C(=O)[O-])n([O-])c2ccccc2[n+]1=O.[Na+]. The number of ether oxygens (including phenoxy) is 1. The van der Waals surface area contributed by atoms with Crippen LogP contribution in [-0.4, -0.2) is 62.2 Å². The van der Waals surface area contributed by atoms with Crippen LogP contribution in [0.5, 0.6) is 0 Å². The second-order valence-corrected chi connectivity index (χ2v) is 10.5. The Morgan fingerprint density at radius 1 is 1.25 bits per heavy atom. The molecule has 0 radical (unpaired) electrons. The van der Waals surface area contributed by atoms with Gasteiger partial charge in [0.15, 0.2) is 0 Å². The number of aromatic nitrogens is 2. The van der Waals surface area contributed by atoms with E-state index in [1.165, 1.54) is 28.8 Å². The number of carbonyl (C=O) groups is 4. The monoisotopic (exact) mass is 526 g/mol. The summed E-state index contributed by atoms with van der Waals surface area (Å²) in [6.07, 6.45) is -0.576. The molecule has 3 heterocycles. The molecule has 2 saturated heterocycles. The van der Waals surface area contributed by atoms with Crippen LogP contribution >= 0.6 is 11.8 Å². The first-order chi connectivity index (χ1) is 16.5. The van der Waals surface area contributed by atoms with Crippen LogP contribution in [0.25, 0.3) is 11.0 Å². The molecule has 2 fully saturated rings. The Hall–Kier alpha value is -2.61. The smallest absolute Gasteiger partial charge is 0.805 e. The van der Waals surface area contributed by atoms with Crippen LogP contribution in [0.1, 0.15) is 43.4 Å². The molecule has 4 rings (SSSR count). The molecule has 2 amide bonds. The summed E-state index contributed by atoms with van der Waals surface area (Å²) in [5.41, 5.74) is -0.748. The number of amides is 2. The number of aliphatic carboxylic acids is 1. The van der Waals surface area contributed by atoms with Crippen molar-refractivity contribution in [3.63, 3.8) is 0 Å². The van der Waals surface area contributed by atoms with Gasteiger partial charge >= 0.3 is 41.2 Å². The quantitative estimate of drug-likeness (QED) is 0.165. The summed E-state index contributed by atoms with van der Waals surface area (Å²) in [5, 5.41) is 26.5. The molecule has 0 bridgehead atoms. The number of rotatable bonds is 7. The predicted molar refractivity (Wildman–Crippen MR) is 121 cm³/mol. The Bertz CT molecular complexity index is 1310. The Morgan fingerprint density at radius 3 is 2.56 bits per heavy atom. The molecule has 36 heavy (non-hydrogen) atoms. The normalized spacial score (nSPS) is 21.8. The number of esters is 1. The van der Waals surface area contributed by atoms with Gasteiger partial charge in [-0.1, -0.05) is 12.1 Å². The van der Waals surface area contributed by atoms with Crippen molar-refractivity contribution in [2.75, 3.05) is 6.61 Å². The van der Waals surface area contributed by atoms with Crippen LogP contribution in [0.15, 0.2) is 24.3 Å². The zero-order chi connectivity index (χ0) is 25.7. The number of β-lactam (4-membered cyclic amide) rings is 1. The largest absolute Gasteiger partial charge is 1.00 e. The van der Waals surface area contributed by atoms with Gasteiger partial charge in [0.2, 0.25) is 11.8 Å². The van der Waals surface area contributed by atoms with Crippen molar-refractivity contribution in [3.05, 3.63) is 45.8 Å². The molecule has 14 heteroatoms. The molecule has 2 aromatic rings. The molecule has 186 valence electrons. The van der Waals surface area contributed by atoms with Crippen LogP contribution in [0.4, 0.5) is 0 Å². The van der Waals surface area contributed by atoms with Gasteiger partial charge in [0.1, 0.15) is 16.9 Å². The van der Waals surface area contributed by atoms with E-state index in [0.29, 0.717) is 9.16 Å². The first-order valence-electron chi connectivity index (χ1n) is 10.9. The van der Waals surface area contributed by atoms with Gasteiger partial charge < -0.3 is 34.8 Å². The number of fused-ring (bicyclic) bond motifs is 2. The molecule has 2 aliphatic heterocycles. The third kappa shape index (κ3) is 4.60. The fourth-order valence-electron chi connectivity index (χ4n) is 4.51. The first kappa shape index (κ1) is 28.0. The standard InChI is InChI=1S/C22H24N4O8S.Na/c1-4-34-21(31)16-13(25(32)11-7-5-6-8-12(11)26(16)33)9-10-14(27)23-15-18(28)24-17(20(29)30)22(2,3)35-19(15)24;/h5-8,15,17,19H,4,9-10H2,1-3H3,(H,23,27)(H,29,30);/q;+1/p-1/t15-,17+,19-;/m1./s1. The Kier molecular flexibility index (Phi) is 8.08. The van der Waals surface area contributed by atoms with E-state index >= 15 is 0 Å². The number of nitrogens with zero attached hydrogens (tertiary/aromatic N) is 3. The molecule has 0 unspecified atom stereocenters. The number of thioether (sulfide) groups is 1. The van der Waals surface area contributed by atoms with Crippen molar-refractivity contribution in [2.45, 2.75) is 55.8 Å². The van der Waals surface area contributed by atoms with Gasteiger partial charge in [-0.25, -0.2) is 4.79 Å². The Labute approximate surface area is 231 Å². The summed E-state index contributed by atoms with van der Waals surface area (Å²) >= 11 is 1.25. The summed E-state index contributed by atoms with van der Waals surface area (Å²) in [5.74, 6) is -3.49. The van der Waals surface area contributed by atoms with Crippen molar-refractivity contribution < 1.29 is 63.0 Å². The molecule has 1 N–H and O–H groups in total. The van der Waals surface area contributed by atoms with Gasteiger partial charge in [0.05, 0.1) is 28.7 Å². The summed E-state index contributed by atoms with van der Waals surface area (Å²) in [6.45, 7) is 4.90. The molecule has 1 aromatic heterocycles. The zero-order valence-electron chi connectivity index (χ0n) is 20.2. The number of carboxylic acid groups (broad SMARTS) is 1. The number of carboxylic acids is 1. The number of benzene rings is 1. The minimum atomic E-state index is -1.36. The molecule has 0 aliphatic carbocycles. The zero-order valence-corrected chi connectivity index (χ0v) is 23.0. The van der Waals surface area contributed by atoms with Gasteiger partial charge in [-0.2, -0.15) is 0 Å². The number of hydrogen-bond acceptors (Lipinski definition) is 9. The summed E-state index contributed by atoms with van der Waals surface area (Å²) < 4.78 is 4.89.